The Bertz CT molecular complexity index is 232. The van der Waals surface area contributed by atoms with Gasteiger partial charge in [0.1, 0.15) is 0 Å². The summed E-state index contributed by atoms with van der Waals surface area (Å²) in [5.74, 6) is 0.508. The molecule has 0 aliphatic carbocycles. The average molecular weight is 212 g/mol. The highest BCUT2D eigenvalue weighted by Gasteiger charge is 2.18. The molecule has 2 nitrogen and oxygen atoms in total. The van der Waals surface area contributed by atoms with E-state index in [1.807, 2.05) is 19.1 Å². The Morgan fingerprint density at radius 3 is 2.50 bits per heavy atom. The van der Waals surface area contributed by atoms with Gasteiger partial charge in [-0.05, 0) is 44.8 Å². The summed E-state index contributed by atoms with van der Waals surface area (Å²) in [6.07, 6.45) is 4.45. The van der Waals surface area contributed by atoms with E-state index in [0.29, 0.717) is 12.6 Å². The summed E-state index contributed by atoms with van der Waals surface area (Å²) in [7, 11) is -1.59. The lowest BCUT2D eigenvalue weighted by Gasteiger charge is -2.19. The van der Waals surface area contributed by atoms with Crippen LogP contribution < -0.4 is 0 Å². The van der Waals surface area contributed by atoms with Crippen LogP contribution in [-0.2, 0) is 9.16 Å². The van der Waals surface area contributed by atoms with Crippen molar-refractivity contribution < 1.29 is 9.16 Å². The van der Waals surface area contributed by atoms with E-state index in [-0.39, 0.29) is 0 Å². The van der Waals surface area contributed by atoms with Crippen LogP contribution in [0.3, 0.4) is 0 Å². The van der Waals surface area contributed by atoms with Gasteiger partial charge in [-0.3, -0.25) is 0 Å². The summed E-state index contributed by atoms with van der Waals surface area (Å²) in [5.41, 5.74) is 2.99. The molecule has 0 spiro atoms. The van der Waals surface area contributed by atoms with Gasteiger partial charge in [0, 0.05) is 0 Å². The van der Waals surface area contributed by atoms with Crippen molar-refractivity contribution in [1.29, 1.82) is 0 Å². The fraction of sp³-hybridized carbons (Fsp3) is 0.545. The monoisotopic (exact) mass is 212 g/mol. The summed E-state index contributed by atoms with van der Waals surface area (Å²) >= 11 is 0. The number of hydrogen-bond acceptors (Lipinski definition) is 2. The van der Waals surface area contributed by atoms with E-state index in [2.05, 4.69) is 32.0 Å². The van der Waals surface area contributed by atoms with Crippen molar-refractivity contribution in [2.45, 2.75) is 33.0 Å². The smallest absolute Gasteiger partial charge is 0.313 e. The van der Waals surface area contributed by atoms with Crippen molar-refractivity contribution >= 4 is 8.32 Å². The van der Waals surface area contributed by atoms with Gasteiger partial charge < -0.3 is 9.16 Å². The van der Waals surface area contributed by atoms with Gasteiger partial charge in [-0.15, -0.1) is 6.58 Å². The Morgan fingerprint density at radius 1 is 1.43 bits per heavy atom. The summed E-state index contributed by atoms with van der Waals surface area (Å²) in [5, 5.41) is 0. The minimum atomic E-state index is -1.59. The maximum Gasteiger partial charge on any atom is 0.313 e. The largest absolute Gasteiger partial charge is 0.514 e. The molecule has 0 aromatic carbocycles. The Hall–Kier alpha value is -0.923. The molecular formula is C11H20O2Si. The lowest BCUT2D eigenvalue weighted by molar-refractivity contribution is 0.113. The molecule has 3 heteroatoms. The molecular weight excluding hydrogens is 192 g/mol. The number of allylic oxidation sites excluding steroid dienone is 2. The van der Waals surface area contributed by atoms with Crippen LogP contribution in [0.25, 0.3) is 0 Å². The van der Waals surface area contributed by atoms with Gasteiger partial charge >= 0.3 is 5.95 Å². The van der Waals surface area contributed by atoms with Gasteiger partial charge in [0.2, 0.25) is 8.32 Å². The van der Waals surface area contributed by atoms with Crippen molar-refractivity contribution in [2.75, 3.05) is 6.61 Å². The van der Waals surface area contributed by atoms with E-state index in [9.17, 15) is 0 Å². The third-order valence-electron chi connectivity index (χ3n) is 1.18. The van der Waals surface area contributed by atoms with E-state index in [1.54, 1.807) is 0 Å². The maximum atomic E-state index is 5.68. The molecule has 0 bridgehead atoms. The fourth-order valence-electron chi connectivity index (χ4n) is 0.735. The van der Waals surface area contributed by atoms with Crippen molar-refractivity contribution in [3.63, 3.8) is 0 Å². The molecule has 0 aliphatic heterocycles. The first-order valence-corrected chi connectivity index (χ1v) is 8.28. The fourth-order valence-corrected chi connectivity index (χ4v) is 1.41. The summed E-state index contributed by atoms with van der Waals surface area (Å²) < 4.78 is 11.0. The molecule has 0 aliphatic rings. The molecule has 0 aromatic heterocycles. The second kappa shape index (κ2) is 6.52. The maximum absolute atomic E-state index is 5.68. The number of hydrogen-bond donors (Lipinski definition) is 0. The first-order chi connectivity index (χ1) is 6.49. The molecule has 14 heavy (non-hydrogen) atoms. The molecule has 0 aromatic rings. The average Bonchev–Trinajstić information content (AvgIpc) is 2.02. The minimum Gasteiger partial charge on any atom is -0.514 e. The Morgan fingerprint density at radius 2 is 2.07 bits per heavy atom. The summed E-state index contributed by atoms with van der Waals surface area (Å²) in [4.78, 5) is 0. The van der Waals surface area contributed by atoms with Crippen LogP contribution in [0.15, 0.2) is 30.4 Å². The molecule has 0 fully saturated rings. The zero-order valence-electron chi connectivity index (χ0n) is 9.59. The Balaban J connectivity index is 4.42. The molecule has 0 unspecified atom stereocenters. The molecule has 0 radical (unpaired) electrons. The third-order valence-corrected chi connectivity index (χ3v) is 1.98. The van der Waals surface area contributed by atoms with Crippen molar-refractivity contribution in [3.8, 4) is 0 Å². The van der Waals surface area contributed by atoms with Crippen molar-refractivity contribution in [3.05, 3.63) is 30.4 Å². The van der Waals surface area contributed by atoms with Gasteiger partial charge in [-0.25, -0.2) is 0 Å². The van der Waals surface area contributed by atoms with E-state index in [1.165, 1.54) is 0 Å². The summed E-state index contributed by atoms with van der Waals surface area (Å²) in [6, 6.07) is 0. The molecule has 0 saturated carbocycles. The predicted molar refractivity (Wildman–Crippen MR) is 62.5 cm³/mol. The first kappa shape index (κ1) is 13.1. The van der Waals surface area contributed by atoms with Crippen molar-refractivity contribution in [1.82, 2.24) is 0 Å². The number of ether oxygens (including phenoxy) is 1. The van der Waals surface area contributed by atoms with Gasteiger partial charge in [-0.2, -0.15) is 0 Å². The second-order valence-corrected chi connectivity index (χ2v) is 8.24. The lowest BCUT2D eigenvalue weighted by atomic mass is 10.4. The van der Waals surface area contributed by atoms with Crippen LogP contribution in [0.2, 0.25) is 19.6 Å². The topological polar surface area (TPSA) is 18.5 Å². The van der Waals surface area contributed by atoms with Gasteiger partial charge in [0.05, 0.1) is 6.61 Å². The van der Waals surface area contributed by atoms with Crippen LogP contribution in [0, 0.1) is 0 Å². The standard InChI is InChI=1S/C11H20O2Si/c1-6-8-9-10-11(12-7-2)13-14(3,4)5/h6,9H,1,7-8H2,2-5H3. The first-order valence-electron chi connectivity index (χ1n) is 4.87. The molecule has 0 saturated heterocycles. The van der Waals surface area contributed by atoms with E-state index < -0.39 is 8.32 Å². The van der Waals surface area contributed by atoms with Gasteiger partial charge in [0.25, 0.3) is 0 Å². The summed E-state index contributed by atoms with van der Waals surface area (Å²) in [6.45, 7) is 12.5. The quantitative estimate of drug-likeness (QED) is 0.290. The molecule has 80 valence electrons. The van der Waals surface area contributed by atoms with Crippen LogP contribution in [-0.4, -0.2) is 14.9 Å². The van der Waals surface area contributed by atoms with Gasteiger partial charge in [-0.1, -0.05) is 6.08 Å². The molecule has 0 N–H and O–H groups in total. The Kier molecular flexibility index (Phi) is 6.09. The highest BCUT2D eigenvalue weighted by atomic mass is 28.4. The van der Waals surface area contributed by atoms with E-state index in [4.69, 9.17) is 9.16 Å². The highest BCUT2D eigenvalue weighted by Crippen LogP contribution is 2.10. The van der Waals surface area contributed by atoms with Crippen LogP contribution in [0.4, 0.5) is 0 Å². The SMILES string of the molecule is C=CCC=C=C(OCC)O[Si](C)(C)C. The molecule has 0 rings (SSSR count). The number of rotatable bonds is 6. The normalized spacial score (nSPS) is 10.0. The highest BCUT2D eigenvalue weighted by molar-refractivity contribution is 6.69. The predicted octanol–water partition coefficient (Wildman–Crippen LogP) is 3.45. The molecule has 0 atom stereocenters. The molecule has 0 heterocycles. The molecule has 0 amide bonds. The van der Waals surface area contributed by atoms with Crippen LogP contribution in [0.1, 0.15) is 13.3 Å². The van der Waals surface area contributed by atoms with E-state index >= 15 is 0 Å². The van der Waals surface area contributed by atoms with Crippen LogP contribution >= 0.6 is 0 Å². The lowest BCUT2D eigenvalue weighted by Crippen LogP contribution is -2.25. The van der Waals surface area contributed by atoms with E-state index in [0.717, 1.165) is 6.42 Å². The second-order valence-electron chi connectivity index (χ2n) is 3.81. The van der Waals surface area contributed by atoms with Crippen molar-refractivity contribution in [2.24, 2.45) is 0 Å². The third kappa shape index (κ3) is 7.71. The zero-order chi connectivity index (χ0) is 11.0. The Labute approximate surface area is 88.1 Å². The van der Waals surface area contributed by atoms with Crippen LogP contribution in [0.5, 0.6) is 0 Å². The minimum absolute atomic E-state index is 0.508. The zero-order valence-corrected chi connectivity index (χ0v) is 10.6. The van der Waals surface area contributed by atoms with Gasteiger partial charge in [0.15, 0.2) is 0 Å².